The van der Waals surface area contributed by atoms with Gasteiger partial charge in [-0.3, -0.25) is 9.88 Å². The zero-order valence-electron chi connectivity index (χ0n) is 8.91. The van der Waals surface area contributed by atoms with Crippen molar-refractivity contribution in [1.29, 1.82) is 0 Å². The van der Waals surface area contributed by atoms with Gasteiger partial charge in [-0.2, -0.15) is 0 Å². The Morgan fingerprint density at radius 1 is 1.60 bits per heavy atom. The van der Waals surface area contributed by atoms with E-state index in [4.69, 9.17) is 11.6 Å². The van der Waals surface area contributed by atoms with Gasteiger partial charge in [0, 0.05) is 38.1 Å². The van der Waals surface area contributed by atoms with E-state index in [1.54, 1.807) is 12.4 Å². The second kappa shape index (κ2) is 4.92. The Morgan fingerprint density at radius 3 is 2.93 bits per heavy atom. The summed E-state index contributed by atoms with van der Waals surface area (Å²) < 4.78 is 0. The summed E-state index contributed by atoms with van der Waals surface area (Å²) >= 11 is 6.09. The fourth-order valence-electron chi connectivity index (χ4n) is 1.78. The summed E-state index contributed by atoms with van der Waals surface area (Å²) in [5, 5.41) is 4.06. The van der Waals surface area contributed by atoms with Crippen LogP contribution >= 0.6 is 11.6 Å². The van der Waals surface area contributed by atoms with Crippen molar-refractivity contribution in [2.45, 2.75) is 19.5 Å². The summed E-state index contributed by atoms with van der Waals surface area (Å²) in [7, 11) is 0. The molecular formula is C11H16ClN3. The molecule has 1 aromatic heterocycles. The van der Waals surface area contributed by atoms with Gasteiger partial charge >= 0.3 is 0 Å². The predicted molar refractivity (Wildman–Crippen MR) is 62.0 cm³/mol. The minimum atomic E-state index is 0.666. The molecule has 2 rings (SSSR count). The van der Waals surface area contributed by atoms with Crippen molar-refractivity contribution in [2.24, 2.45) is 0 Å². The molecular weight excluding hydrogens is 210 g/mol. The Labute approximate surface area is 95.4 Å². The molecule has 0 bridgehead atoms. The van der Waals surface area contributed by atoms with Gasteiger partial charge in [-0.1, -0.05) is 18.5 Å². The van der Waals surface area contributed by atoms with Gasteiger partial charge in [0.25, 0.3) is 0 Å². The molecule has 0 aliphatic carbocycles. The van der Waals surface area contributed by atoms with Crippen molar-refractivity contribution in [3.8, 4) is 0 Å². The SMILES string of the molecule is CCN(Cc1ccncc1Cl)C1CNC1. The number of pyridine rings is 1. The molecule has 3 nitrogen and oxygen atoms in total. The van der Waals surface area contributed by atoms with Crippen LogP contribution in [0, 0.1) is 0 Å². The molecule has 1 aromatic rings. The first kappa shape index (κ1) is 10.9. The molecule has 0 spiro atoms. The van der Waals surface area contributed by atoms with Crippen LogP contribution in [0.5, 0.6) is 0 Å². The highest BCUT2D eigenvalue weighted by Crippen LogP contribution is 2.17. The lowest BCUT2D eigenvalue weighted by atomic mass is 10.1. The van der Waals surface area contributed by atoms with E-state index in [1.807, 2.05) is 6.07 Å². The van der Waals surface area contributed by atoms with Crippen LogP contribution in [-0.4, -0.2) is 35.6 Å². The Hall–Kier alpha value is -0.640. The molecule has 82 valence electrons. The van der Waals surface area contributed by atoms with E-state index in [1.165, 1.54) is 5.56 Å². The standard InChI is InChI=1S/C11H16ClN3/c1-2-15(10-5-14-6-10)8-9-3-4-13-7-11(9)12/h3-4,7,10,14H,2,5-6,8H2,1H3. The molecule has 1 saturated heterocycles. The Balaban J connectivity index is 2.02. The lowest BCUT2D eigenvalue weighted by Crippen LogP contribution is -2.56. The van der Waals surface area contributed by atoms with Crippen LogP contribution in [0.3, 0.4) is 0 Å². The molecule has 2 heterocycles. The quantitative estimate of drug-likeness (QED) is 0.843. The van der Waals surface area contributed by atoms with Crippen molar-refractivity contribution in [3.63, 3.8) is 0 Å². The fourth-order valence-corrected chi connectivity index (χ4v) is 1.96. The molecule has 1 N–H and O–H groups in total. The third-order valence-corrected chi connectivity index (χ3v) is 3.25. The molecule has 15 heavy (non-hydrogen) atoms. The van der Waals surface area contributed by atoms with Gasteiger partial charge in [-0.25, -0.2) is 0 Å². The van der Waals surface area contributed by atoms with Crippen LogP contribution in [-0.2, 0) is 6.54 Å². The number of aromatic nitrogens is 1. The highest BCUT2D eigenvalue weighted by Gasteiger charge is 2.23. The maximum atomic E-state index is 6.09. The van der Waals surface area contributed by atoms with Gasteiger partial charge in [0.1, 0.15) is 0 Å². The summed E-state index contributed by atoms with van der Waals surface area (Å²) in [6.45, 7) is 6.36. The van der Waals surface area contributed by atoms with Gasteiger partial charge in [0.05, 0.1) is 5.02 Å². The molecule has 0 atom stereocenters. The smallest absolute Gasteiger partial charge is 0.0634 e. The highest BCUT2D eigenvalue weighted by atomic mass is 35.5. The molecule has 0 radical (unpaired) electrons. The summed E-state index contributed by atoms with van der Waals surface area (Å²) in [5.74, 6) is 0. The number of nitrogens with one attached hydrogen (secondary N) is 1. The monoisotopic (exact) mass is 225 g/mol. The molecule has 1 fully saturated rings. The van der Waals surface area contributed by atoms with Crippen LogP contribution in [0.1, 0.15) is 12.5 Å². The van der Waals surface area contributed by atoms with Crippen molar-refractivity contribution < 1.29 is 0 Å². The molecule has 1 aliphatic heterocycles. The van der Waals surface area contributed by atoms with E-state index >= 15 is 0 Å². The fraction of sp³-hybridized carbons (Fsp3) is 0.545. The number of rotatable bonds is 4. The van der Waals surface area contributed by atoms with Gasteiger partial charge in [-0.15, -0.1) is 0 Å². The zero-order chi connectivity index (χ0) is 10.7. The van der Waals surface area contributed by atoms with Gasteiger partial charge in [0.2, 0.25) is 0 Å². The van der Waals surface area contributed by atoms with E-state index in [2.05, 4.69) is 22.1 Å². The number of hydrogen-bond acceptors (Lipinski definition) is 3. The third-order valence-electron chi connectivity index (χ3n) is 2.91. The van der Waals surface area contributed by atoms with Gasteiger partial charge in [-0.05, 0) is 18.2 Å². The first-order valence-electron chi connectivity index (χ1n) is 5.34. The minimum Gasteiger partial charge on any atom is -0.314 e. The number of hydrogen-bond donors (Lipinski definition) is 1. The Kier molecular flexibility index (Phi) is 3.57. The normalized spacial score (nSPS) is 16.7. The Morgan fingerprint density at radius 2 is 2.40 bits per heavy atom. The van der Waals surface area contributed by atoms with E-state index in [9.17, 15) is 0 Å². The largest absolute Gasteiger partial charge is 0.314 e. The summed E-state index contributed by atoms with van der Waals surface area (Å²) in [6.07, 6.45) is 3.51. The number of nitrogens with zero attached hydrogens (tertiary/aromatic N) is 2. The highest BCUT2D eigenvalue weighted by molar-refractivity contribution is 6.31. The average molecular weight is 226 g/mol. The topological polar surface area (TPSA) is 28.2 Å². The van der Waals surface area contributed by atoms with Crippen LogP contribution in [0.25, 0.3) is 0 Å². The number of halogens is 1. The summed E-state index contributed by atoms with van der Waals surface area (Å²) in [6, 6.07) is 2.66. The molecule has 0 unspecified atom stereocenters. The minimum absolute atomic E-state index is 0.666. The maximum absolute atomic E-state index is 6.09. The van der Waals surface area contributed by atoms with Gasteiger partial charge < -0.3 is 5.32 Å². The number of likely N-dealkylation sites (N-methyl/N-ethyl adjacent to an activating group) is 1. The summed E-state index contributed by atoms with van der Waals surface area (Å²) in [5.41, 5.74) is 1.17. The van der Waals surface area contributed by atoms with Crippen molar-refractivity contribution in [3.05, 3.63) is 29.0 Å². The van der Waals surface area contributed by atoms with Crippen molar-refractivity contribution in [2.75, 3.05) is 19.6 Å². The predicted octanol–water partition coefficient (Wildman–Crippen LogP) is 1.53. The maximum Gasteiger partial charge on any atom is 0.0634 e. The van der Waals surface area contributed by atoms with E-state index < -0.39 is 0 Å². The lowest BCUT2D eigenvalue weighted by molar-refractivity contribution is 0.145. The van der Waals surface area contributed by atoms with Crippen LogP contribution < -0.4 is 5.32 Å². The lowest BCUT2D eigenvalue weighted by Gasteiger charge is -2.37. The first-order valence-corrected chi connectivity index (χ1v) is 5.72. The molecule has 1 aliphatic rings. The third kappa shape index (κ3) is 2.48. The molecule has 4 heteroatoms. The van der Waals surface area contributed by atoms with Crippen LogP contribution in [0.15, 0.2) is 18.5 Å². The average Bonchev–Trinajstić information content (AvgIpc) is 2.17. The second-order valence-corrected chi connectivity index (χ2v) is 4.25. The Bertz CT molecular complexity index is 325. The second-order valence-electron chi connectivity index (χ2n) is 3.84. The van der Waals surface area contributed by atoms with E-state index in [0.29, 0.717) is 6.04 Å². The van der Waals surface area contributed by atoms with Crippen LogP contribution in [0.4, 0.5) is 0 Å². The summed E-state index contributed by atoms with van der Waals surface area (Å²) in [4.78, 5) is 6.44. The molecule has 0 aromatic carbocycles. The van der Waals surface area contributed by atoms with E-state index in [-0.39, 0.29) is 0 Å². The van der Waals surface area contributed by atoms with Crippen molar-refractivity contribution in [1.82, 2.24) is 15.2 Å². The molecule has 0 saturated carbocycles. The van der Waals surface area contributed by atoms with Gasteiger partial charge in [0.15, 0.2) is 0 Å². The first-order chi connectivity index (χ1) is 7.31. The molecule has 0 amide bonds. The van der Waals surface area contributed by atoms with Crippen LogP contribution in [0.2, 0.25) is 5.02 Å². The van der Waals surface area contributed by atoms with E-state index in [0.717, 1.165) is 31.2 Å². The zero-order valence-corrected chi connectivity index (χ0v) is 9.67. The van der Waals surface area contributed by atoms with Crippen molar-refractivity contribution >= 4 is 11.6 Å².